The van der Waals surface area contributed by atoms with Crippen LogP contribution in [0, 0.1) is 0 Å². The molecule has 3 heterocycles. The highest BCUT2D eigenvalue weighted by atomic mass is 32.1. The number of ether oxygens (including phenoxy) is 1. The monoisotopic (exact) mass is 388 g/mol. The molecule has 0 saturated heterocycles. The second-order valence-corrected chi connectivity index (χ2v) is 6.92. The van der Waals surface area contributed by atoms with Crippen LogP contribution in [-0.2, 0) is 6.54 Å². The predicted molar refractivity (Wildman–Crippen MR) is 104 cm³/mol. The molecule has 0 bridgehead atoms. The summed E-state index contributed by atoms with van der Waals surface area (Å²) in [6, 6.07) is 3.34. The second kappa shape index (κ2) is 7.82. The molecular formula is C17H20N6O3S. The Morgan fingerprint density at radius 2 is 2.22 bits per heavy atom. The van der Waals surface area contributed by atoms with E-state index < -0.39 is 5.91 Å². The summed E-state index contributed by atoms with van der Waals surface area (Å²) in [6.45, 7) is 2.17. The quantitative estimate of drug-likeness (QED) is 0.466. The highest BCUT2D eigenvalue weighted by Crippen LogP contribution is 2.38. The maximum Gasteiger partial charge on any atom is 0.260 e. The number of fused-ring (bicyclic) bond motifs is 1. The zero-order valence-corrected chi connectivity index (χ0v) is 15.7. The van der Waals surface area contributed by atoms with Gasteiger partial charge in [-0.15, -0.1) is 11.3 Å². The number of pyridine rings is 1. The highest BCUT2D eigenvalue weighted by Gasteiger charge is 2.21. The Hall–Kier alpha value is -2.82. The molecular weight excluding hydrogens is 368 g/mol. The van der Waals surface area contributed by atoms with E-state index in [1.807, 2.05) is 6.92 Å². The van der Waals surface area contributed by atoms with Crippen molar-refractivity contribution in [3.8, 4) is 17.1 Å². The topological polar surface area (TPSA) is 149 Å². The van der Waals surface area contributed by atoms with Gasteiger partial charge in [0.15, 0.2) is 0 Å². The highest BCUT2D eigenvalue weighted by molar-refractivity contribution is 7.21. The molecule has 0 radical (unpaired) electrons. The molecule has 142 valence electrons. The van der Waals surface area contributed by atoms with Crippen LogP contribution in [0.15, 0.2) is 18.3 Å². The van der Waals surface area contributed by atoms with Crippen LogP contribution >= 0.6 is 11.3 Å². The number of carbonyl (C=O) groups excluding carboxylic acids is 1. The first-order valence-corrected chi connectivity index (χ1v) is 8.99. The Morgan fingerprint density at radius 1 is 1.44 bits per heavy atom. The Labute approximate surface area is 159 Å². The molecule has 3 aromatic heterocycles. The van der Waals surface area contributed by atoms with Gasteiger partial charge in [0.25, 0.3) is 5.91 Å². The van der Waals surface area contributed by atoms with Gasteiger partial charge in [0.2, 0.25) is 0 Å². The first-order chi connectivity index (χ1) is 12.9. The molecule has 1 amide bonds. The number of aromatic nitrogens is 3. The lowest BCUT2D eigenvalue weighted by Crippen LogP contribution is -2.29. The van der Waals surface area contributed by atoms with Crippen molar-refractivity contribution in [2.24, 2.45) is 5.73 Å². The molecule has 0 aliphatic heterocycles. The standard InChI is InChI=1S/C17H20N6O3S/c1-8(7-24)21-6-11-22-14(10-5-9(26-2)3-4-20-10)12-13(18)15(16(19)25)27-17(12)23-11/h3-5,8,21,24H,6-7,18H2,1-2H3,(H2,19,25). The van der Waals surface area contributed by atoms with Crippen molar-refractivity contribution in [1.29, 1.82) is 0 Å². The fourth-order valence-electron chi connectivity index (χ4n) is 2.51. The third kappa shape index (κ3) is 3.82. The van der Waals surface area contributed by atoms with E-state index in [0.717, 1.165) is 11.3 Å². The average molecular weight is 388 g/mol. The van der Waals surface area contributed by atoms with Gasteiger partial charge < -0.3 is 26.6 Å². The summed E-state index contributed by atoms with van der Waals surface area (Å²) in [4.78, 5) is 25.9. The Balaban J connectivity index is 2.19. The molecule has 6 N–H and O–H groups in total. The molecule has 0 aliphatic rings. The average Bonchev–Trinajstić information content (AvgIpc) is 3.02. The third-order valence-electron chi connectivity index (χ3n) is 3.95. The summed E-state index contributed by atoms with van der Waals surface area (Å²) in [5.41, 5.74) is 12.9. The fraction of sp³-hybridized carbons (Fsp3) is 0.294. The Kier molecular flexibility index (Phi) is 5.49. The molecule has 1 atom stereocenters. The number of nitrogens with zero attached hydrogens (tertiary/aromatic N) is 3. The van der Waals surface area contributed by atoms with Crippen LogP contribution in [0.2, 0.25) is 0 Å². The SMILES string of the molecule is COc1ccnc(-c2nc(CNC(C)CO)nc3sc(C(N)=O)c(N)c23)c1. The summed E-state index contributed by atoms with van der Waals surface area (Å²) < 4.78 is 5.26. The lowest BCUT2D eigenvalue weighted by molar-refractivity contribution is 0.100. The number of nitrogens with one attached hydrogen (secondary N) is 1. The Morgan fingerprint density at radius 3 is 2.89 bits per heavy atom. The normalized spacial score (nSPS) is 12.3. The van der Waals surface area contributed by atoms with Crippen LogP contribution < -0.4 is 21.5 Å². The van der Waals surface area contributed by atoms with Gasteiger partial charge in [0.05, 0.1) is 37.0 Å². The number of anilines is 1. The van der Waals surface area contributed by atoms with E-state index in [1.165, 1.54) is 0 Å². The molecule has 0 aliphatic carbocycles. The van der Waals surface area contributed by atoms with Crippen molar-refractivity contribution in [2.75, 3.05) is 19.5 Å². The van der Waals surface area contributed by atoms with Gasteiger partial charge in [-0.1, -0.05) is 0 Å². The number of methoxy groups -OCH3 is 1. The molecule has 0 aromatic carbocycles. The van der Waals surface area contributed by atoms with Crippen LogP contribution in [-0.4, -0.2) is 45.7 Å². The number of primary amides is 1. The van der Waals surface area contributed by atoms with E-state index >= 15 is 0 Å². The summed E-state index contributed by atoms with van der Waals surface area (Å²) >= 11 is 1.12. The van der Waals surface area contributed by atoms with Crippen molar-refractivity contribution in [1.82, 2.24) is 20.3 Å². The minimum atomic E-state index is -0.617. The first-order valence-electron chi connectivity index (χ1n) is 8.18. The minimum Gasteiger partial charge on any atom is -0.497 e. The first kappa shape index (κ1) is 19.0. The van der Waals surface area contributed by atoms with Gasteiger partial charge in [-0.25, -0.2) is 9.97 Å². The number of aliphatic hydroxyl groups excluding tert-OH is 1. The van der Waals surface area contributed by atoms with E-state index in [-0.39, 0.29) is 23.2 Å². The van der Waals surface area contributed by atoms with Gasteiger partial charge in [0, 0.05) is 18.3 Å². The van der Waals surface area contributed by atoms with E-state index in [9.17, 15) is 9.90 Å². The van der Waals surface area contributed by atoms with Gasteiger partial charge in [-0.05, 0) is 13.0 Å². The summed E-state index contributed by atoms with van der Waals surface area (Å²) in [5, 5.41) is 12.8. The smallest absolute Gasteiger partial charge is 0.260 e. The van der Waals surface area contributed by atoms with Crippen LogP contribution in [0.1, 0.15) is 22.4 Å². The number of nitrogens with two attached hydrogens (primary N) is 2. The zero-order valence-electron chi connectivity index (χ0n) is 14.9. The largest absolute Gasteiger partial charge is 0.497 e. The van der Waals surface area contributed by atoms with Gasteiger partial charge in [0.1, 0.15) is 27.0 Å². The number of aliphatic hydroxyl groups is 1. The van der Waals surface area contributed by atoms with E-state index in [2.05, 4.69) is 20.3 Å². The number of nitrogen functional groups attached to an aromatic ring is 1. The molecule has 3 rings (SSSR count). The number of carbonyl (C=O) groups is 1. The molecule has 0 saturated carbocycles. The van der Waals surface area contributed by atoms with Crippen molar-refractivity contribution in [2.45, 2.75) is 19.5 Å². The zero-order chi connectivity index (χ0) is 19.6. The lowest BCUT2D eigenvalue weighted by atomic mass is 10.1. The van der Waals surface area contributed by atoms with Gasteiger partial charge in [-0.2, -0.15) is 0 Å². The van der Waals surface area contributed by atoms with Gasteiger partial charge in [-0.3, -0.25) is 9.78 Å². The Bertz CT molecular complexity index is 990. The summed E-state index contributed by atoms with van der Waals surface area (Å²) in [6.07, 6.45) is 1.60. The number of amides is 1. The fourth-order valence-corrected chi connectivity index (χ4v) is 3.48. The van der Waals surface area contributed by atoms with Crippen LogP contribution in [0.25, 0.3) is 21.6 Å². The summed E-state index contributed by atoms with van der Waals surface area (Å²) in [5.74, 6) is 0.484. The molecule has 0 fully saturated rings. The maximum absolute atomic E-state index is 11.7. The van der Waals surface area contributed by atoms with Crippen molar-refractivity contribution in [3.05, 3.63) is 29.0 Å². The number of hydrogen-bond acceptors (Lipinski definition) is 9. The number of thiophene rings is 1. The van der Waals surface area contributed by atoms with Crippen LogP contribution in [0.3, 0.4) is 0 Å². The van der Waals surface area contributed by atoms with Crippen LogP contribution in [0.4, 0.5) is 5.69 Å². The molecule has 3 aromatic rings. The minimum absolute atomic E-state index is 0.00961. The summed E-state index contributed by atoms with van der Waals surface area (Å²) in [7, 11) is 1.56. The van der Waals surface area contributed by atoms with E-state index in [0.29, 0.717) is 39.7 Å². The molecule has 9 nitrogen and oxygen atoms in total. The van der Waals surface area contributed by atoms with E-state index in [1.54, 1.807) is 25.4 Å². The third-order valence-corrected chi connectivity index (χ3v) is 5.06. The molecule has 1 unspecified atom stereocenters. The van der Waals surface area contributed by atoms with E-state index in [4.69, 9.17) is 16.2 Å². The predicted octanol–water partition coefficient (Wildman–Crippen LogP) is 0.913. The molecule has 27 heavy (non-hydrogen) atoms. The molecule has 0 spiro atoms. The van der Waals surface area contributed by atoms with Crippen molar-refractivity contribution >= 4 is 33.1 Å². The van der Waals surface area contributed by atoms with Crippen molar-refractivity contribution < 1.29 is 14.6 Å². The number of rotatable bonds is 7. The maximum atomic E-state index is 11.7. The second-order valence-electron chi connectivity index (χ2n) is 5.92. The molecule has 10 heteroatoms. The lowest BCUT2D eigenvalue weighted by Gasteiger charge is -2.11. The van der Waals surface area contributed by atoms with Crippen molar-refractivity contribution in [3.63, 3.8) is 0 Å². The van der Waals surface area contributed by atoms with Gasteiger partial charge >= 0.3 is 0 Å². The van der Waals surface area contributed by atoms with Crippen LogP contribution in [0.5, 0.6) is 5.75 Å². The number of hydrogen-bond donors (Lipinski definition) is 4.